The van der Waals surface area contributed by atoms with Crippen LogP contribution >= 0.6 is 46.4 Å². The molecule has 0 saturated carbocycles. The molecular weight excluding hydrogens is 418 g/mol. The molecule has 134 valence electrons. The minimum Gasteiger partial charge on any atom is -0.505 e. The summed E-state index contributed by atoms with van der Waals surface area (Å²) in [7, 11) is 0. The zero-order valence-corrected chi connectivity index (χ0v) is 16.6. The SMILES string of the molecule is Cc1nc(-c2cc(Cl)c(O)c(Cl)c2)c(C)nc1-c1cc(Cl)c(O)c(Cl)c1. The molecule has 2 N–H and O–H groups in total. The fraction of sp³-hybridized carbons (Fsp3) is 0.111. The first-order valence-corrected chi connectivity index (χ1v) is 8.92. The van der Waals surface area contributed by atoms with E-state index < -0.39 is 0 Å². The molecule has 0 unspecified atom stereocenters. The lowest BCUT2D eigenvalue weighted by Gasteiger charge is -2.13. The van der Waals surface area contributed by atoms with E-state index in [0.29, 0.717) is 33.9 Å². The molecule has 0 aliphatic heterocycles. The van der Waals surface area contributed by atoms with Crippen molar-refractivity contribution in [1.29, 1.82) is 0 Å². The molecule has 0 atom stereocenters. The standard InChI is InChI=1S/C18H12Cl4N2O2/c1-7-15(9-3-11(19)17(25)12(20)4-9)24-8(2)16(23-7)10-5-13(21)18(26)14(22)6-10/h3-6,25-26H,1-2H3. The van der Waals surface area contributed by atoms with Crippen LogP contribution in [0.4, 0.5) is 0 Å². The Kier molecular flexibility index (Phi) is 5.22. The molecule has 4 nitrogen and oxygen atoms in total. The summed E-state index contributed by atoms with van der Waals surface area (Å²) in [6.07, 6.45) is 0. The molecule has 0 aliphatic carbocycles. The van der Waals surface area contributed by atoms with Crippen molar-refractivity contribution < 1.29 is 10.2 Å². The smallest absolute Gasteiger partial charge is 0.152 e. The number of benzene rings is 2. The summed E-state index contributed by atoms with van der Waals surface area (Å²) in [5.41, 5.74) is 3.71. The highest BCUT2D eigenvalue weighted by atomic mass is 35.5. The minimum absolute atomic E-state index is 0.132. The molecule has 8 heteroatoms. The third kappa shape index (κ3) is 3.42. The van der Waals surface area contributed by atoms with Gasteiger partial charge < -0.3 is 10.2 Å². The summed E-state index contributed by atoms with van der Waals surface area (Å²) < 4.78 is 0. The maximum Gasteiger partial charge on any atom is 0.152 e. The summed E-state index contributed by atoms with van der Waals surface area (Å²) >= 11 is 24.0. The molecular formula is C18H12Cl4N2O2. The first-order valence-electron chi connectivity index (χ1n) is 7.41. The quantitative estimate of drug-likeness (QED) is 0.491. The summed E-state index contributed by atoms with van der Waals surface area (Å²) in [4.78, 5) is 9.21. The molecule has 2 aromatic carbocycles. The Morgan fingerprint density at radius 3 is 1.15 bits per heavy atom. The number of phenolic OH excluding ortho intramolecular Hbond substituents is 2. The van der Waals surface area contributed by atoms with Gasteiger partial charge in [-0.05, 0) is 38.1 Å². The second kappa shape index (κ2) is 7.12. The summed E-state index contributed by atoms with van der Waals surface area (Å²) in [5.74, 6) is -0.353. The van der Waals surface area contributed by atoms with Crippen LogP contribution in [0, 0.1) is 13.8 Å². The average molecular weight is 430 g/mol. The average Bonchev–Trinajstić information content (AvgIpc) is 2.58. The van der Waals surface area contributed by atoms with Crippen LogP contribution in [0.15, 0.2) is 24.3 Å². The van der Waals surface area contributed by atoms with Crippen LogP contribution in [-0.4, -0.2) is 20.2 Å². The van der Waals surface area contributed by atoms with Crippen LogP contribution in [0.3, 0.4) is 0 Å². The molecule has 1 aromatic heterocycles. The zero-order valence-electron chi connectivity index (χ0n) is 13.6. The van der Waals surface area contributed by atoms with Gasteiger partial charge in [-0.25, -0.2) is 9.97 Å². The van der Waals surface area contributed by atoms with Crippen molar-refractivity contribution in [3.8, 4) is 34.0 Å². The van der Waals surface area contributed by atoms with E-state index in [0.717, 1.165) is 0 Å². The molecule has 0 radical (unpaired) electrons. The highest BCUT2D eigenvalue weighted by Gasteiger charge is 2.16. The van der Waals surface area contributed by atoms with Gasteiger partial charge in [0.1, 0.15) is 0 Å². The van der Waals surface area contributed by atoms with Gasteiger partial charge in [-0.15, -0.1) is 0 Å². The van der Waals surface area contributed by atoms with Crippen molar-refractivity contribution in [2.75, 3.05) is 0 Å². The summed E-state index contributed by atoms with van der Waals surface area (Å²) in [5, 5.41) is 20.0. The van der Waals surface area contributed by atoms with Crippen LogP contribution in [0.1, 0.15) is 11.4 Å². The Hall–Kier alpha value is -1.72. The lowest BCUT2D eigenvalue weighted by molar-refractivity contribution is 0.475. The Morgan fingerprint density at radius 1 is 0.615 bits per heavy atom. The number of phenols is 2. The van der Waals surface area contributed by atoms with E-state index in [-0.39, 0.29) is 31.6 Å². The van der Waals surface area contributed by atoms with Gasteiger partial charge in [0.2, 0.25) is 0 Å². The summed E-state index contributed by atoms with van der Waals surface area (Å²) in [6, 6.07) is 6.31. The van der Waals surface area contributed by atoms with Gasteiger partial charge in [0, 0.05) is 11.1 Å². The van der Waals surface area contributed by atoms with Gasteiger partial charge in [-0.3, -0.25) is 0 Å². The van der Waals surface area contributed by atoms with E-state index in [9.17, 15) is 10.2 Å². The number of hydrogen-bond donors (Lipinski definition) is 2. The van der Waals surface area contributed by atoms with Gasteiger partial charge in [0.05, 0.1) is 42.9 Å². The second-order valence-electron chi connectivity index (χ2n) is 5.67. The van der Waals surface area contributed by atoms with Gasteiger partial charge in [0.15, 0.2) is 11.5 Å². The van der Waals surface area contributed by atoms with Crippen LogP contribution in [0.5, 0.6) is 11.5 Å². The number of hydrogen-bond acceptors (Lipinski definition) is 4. The monoisotopic (exact) mass is 428 g/mol. The predicted octanol–water partition coefficient (Wildman–Crippen LogP) is 6.45. The van der Waals surface area contributed by atoms with Crippen molar-refractivity contribution in [2.24, 2.45) is 0 Å². The summed E-state index contributed by atoms with van der Waals surface area (Å²) in [6.45, 7) is 3.59. The van der Waals surface area contributed by atoms with Crippen LogP contribution in [0.25, 0.3) is 22.5 Å². The molecule has 0 aliphatic rings. The van der Waals surface area contributed by atoms with Gasteiger partial charge in [-0.1, -0.05) is 46.4 Å². The van der Waals surface area contributed by atoms with Crippen molar-refractivity contribution >= 4 is 46.4 Å². The van der Waals surface area contributed by atoms with E-state index in [1.165, 1.54) is 0 Å². The molecule has 0 fully saturated rings. The number of nitrogens with zero attached hydrogens (tertiary/aromatic N) is 2. The number of halogens is 4. The lowest BCUT2D eigenvalue weighted by Crippen LogP contribution is -2.00. The highest BCUT2D eigenvalue weighted by molar-refractivity contribution is 6.38. The van der Waals surface area contributed by atoms with E-state index in [2.05, 4.69) is 9.97 Å². The van der Waals surface area contributed by atoms with Gasteiger partial charge >= 0.3 is 0 Å². The van der Waals surface area contributed by atoms with Crippen molar-refractivity contribution in [1.82, 2.24) is 9.97 Å². The third-order valence-corrected chi connectivity index (χ3v) is 4.98. The van der Waals surface area contributed by atoms with Crippen LogP contribution < -0.4 is 0 Å². The minimum atomic E-state index is -0.176. The molecule has 3 rings (SSSR count). The third-order valence-electron chi connectivity index (χ3n) is 3.83. The maximum atomic E-state index is 9.72. The van der Waals surface area contributed by atoms with Gasteiger partial charge in [0.25, 0.3) is 0 Å². The van der Waals surface area contributed by atoms with Crippen molar-refractivity contribution in [2.45, 2.75) is 13.8 Å². The molecule has 0 spiro atoms. The van der Waals surface area contributed by atoms with Crippen LogP contribution in [0.2, 0.25) is 20.1 Å². The topological polar surface area (TPSA) is 66.2 Å². The number of aromatic nitrogens is 2. The maximum absolute atomic E-state index is 9.72. The van der Waals surface area contributed by atoms with Crippen LogP contribution in [-0.2, 0) is 0 Å². The second-order valence-corrected chi connectivity index (χ2v) is 7.30. The lowest BCUT2D eigenvalue weighted by atomic mass is 10.1. The van der Waals surface area contributed by atoms with Gasteiger partial charge in [-0.2, -0.15) is 0 Å². The Balaban J connectivity index is 2.16. The molecule has 1 heterocycles. The Labute approximate surface area is 170 Å². The Bertz CT molecular complexity index is 909. The normalized spacial score (nSPS) is 11.0. The van der Waals surface area contributed by atoms with Crippen molar-refractivity contribution in [3.05, 3.63) is 55.7 Å². The first-order chi connectivity index (χ1) is 12.2. The Morgan fingerprint density at radius 2 is 0.885 bits per heavy atom. The first kappa shape index (κ1) is 19.1. The highest BCUT2D eigenvalue weighted by Crippen LogP contribution is 2.39. The number of rotatable bonds is 2. The largest absolute Gasteiger partial charge is 0.505 e. The molecule has 0 saturated heterocycles. The van der Waals surface area contributed by atoms with E-state index in [4.69, 9.17) is 46.4 Å². The van der Waals surface area contributed by atoms with Crippen molar-refractivity contribution in [3.63, 3.8) is 0 Å². The van der Waals surface area contributed by atoms with E-state index in [1.807, 2.05) is 0 Å². The predicted molar refractivity (Wildman–Crippen MR) is 106 cm³/mol. The molecule has 0 bridgehead atoms. The fourth-order valence-corrected chi connectivity index (χ4v) is 3.53. The molecule has 0 amide bonds. The van der Waals surface area contributed by atoms with E-state index in [1.54, 1.807) is 38.1 Å². The molecule has 26 heavy (non-hydrogen) atoms. The molecule has 3 aromatic rings. The number of aryl methyl sites for hydroxylation is 2. The zero-order chi connectivity index (χ0) is 19.2. The van der Waals surface area contributed by atoms with E-state index >= 15 is 0 Å². The number of aromatic hydroxyl groups is 2. The fourth-order valence-electron chi connectivity index (χ4n) is 2.55.